The van der Waals surface area contributed by atoms with Gasteiger partial charge in [0.25, 0.3) is 0 Å². The maximum Gasteiger partial charge on any atom is 0.306 e. The van der Waals surface area contributed by atoms with Crippen molar-refractivity contribution in [2.45, 2.75) is 406 Å². The summed E-state index contributed by atoms with van der Waals surface area (Å²) < 4.78 is 17.0. The molecule has 0 spiro atoms. The molecule has 0 aliphatic carbocycles. The van der Waals surface area contributed by atoms with Gasteiger partial charge in [-0.15, -0.1) is 0 Å². The summed E-state index contributed by atoms with van der Waals surface area (Å²) in [6.07, 6.45) is 90.0. The van der Waals surface area contributed by atoms with Crippen LogP contribution in [0.15, 0.2) is 48.6 Å². The zero-order valence-electron chi connectivity index (χ0n) is 55.3. The molecule has 0 fully saturated rings. The number of ether oxygens (including phenoxy) is 3. The summed E-state index contributed by atoms with van der Waals surface area (Å²) >= 11 is 0. The predicted molar refractivity (Wildman–Crippen MR) is 358 cm³/mol. The second-order valence-electron chi connectivity index (χ2n) is 24.9. The Hall–Kier alpha value is -2.63. The van der Waals surface area contributed by atoms with E-state index in [1.807, 2.05) is 0 Å². The minimum absolute atomic E-state index is 0.0748. The van der Waals surface area contributed by atoms with Crippen molar-refractivity contribution in [2.75, 3.05) is 13.2 Å². The first-order valence-electron chi connectivity index (χ1n) is 36.6. The maximum absolute atomic E-state index is 13.0. The lowest BCUT2D eigenvalue weighted by Gasteiger charge is -2.18. The van der Waals surface area contributed by atoms with Crippen molar-refractivity contribution >= 4 is 17.9 Å². The van der Waals surface area contributed by atoms with Crippen molar-refractivity contribution < 1.29 is 28.6 Å². The van der Waals surface area contributed by atoms with E-state index in [1.165, 1.54) is 283 Å². The molecule has 82 heavy (non-hydrogen) atoms. The summed E-state index contributed by atoms with van der Waals surface area (Å²) in [5.74, 6) is -0.861. The second kappa shape index (κ2) is 70.9. The van der Waals surface area contributed by atoms with Gasteiger partial charge in [-0.2, -0.15) is 0 Å². The van der Waals surface area contributed by atoms with E-state index < -0.39 is 6.10 Å². The van der Waals surface area contributed by atoms with Gasteiger partial charge in [-0.05, 0) is 83.5 Å². The number of esters is 3. The van der Waals surface area contributed by atoms with Gasteiger partial charge in [-0.1, -0.05) is 345 Å². The van der Waals surface area contributed by atoms with E-state index in [0.29, 0.717) is 19.3 Å². The van der Waals surface area contributed by atoms with Crippen molar-refractivity contribution in [1.82, 2.24) is 0 Å². The first kappa shape index (κ1) is 79.4. The zero-order chi connectivity index (χ0) is 59.2. The minimum Gasteiger partial charge on any atom is -0.462 e. The Bertz CT molecular complexity index is 1410. The lowest BCUT2D eigenvalue weighted by atomic mass is 10.0. The summed E-state index contributed by atoms with van der Waals surface area (Å²) in [5.41, 5.74) is 0. The van der Waals surface area contributed by atoms with Crippen LogP contribution in [0.4, 0.5) is 0 Å². The molecule has 0 saturated carbocycles. The third-order valence-corrected chi connectivity index (χ3v) is 16.6. The van der Waals surface area contributed by atoms with Crippen LogP contribution in [0.5, 0.6) is 0 Å². The summed E-state index contributed by atoms with van der Waals surface area (Å²) in [5, 5.41) is 0. The number of carbonyl (C=O) groups excluding carboxylic acids is 3. The molecule has 6 nitrogen and oxygen atoms in total. The predicted octanol–water partition coefficient (Wildman–Crippen LogP) is 25.3. The average molecular weight is 1150 g/mol. The van der Waals surface area contributed by atoms with E-state index >= 15 is 0 Å². The standard InChI is InChI=1S/C76H140O6/c1-4-7-10-13-16-19-22-25-28-31-34-36-37-38-40-42-45-48-51-54-57-60-63-66-69-75(78)81-72-73(71-80-74(77)68-65-62-59-56-53-50-47-44-41-33-30-27-24-21-18-15-12-9-6-3)82-76(79)70-67-64-61-58-55-52-49-46-43-39-35-32-29-26-23-20-17-14-11-8-5-2/h23,26-27,30,32,35,43,46,73H,4-22,24-25,28-29,31,33-34,36-42,44-45,47-72H2,1-3H3/b26-23-,30-27-,35-32-,46-43-. The van der Waals surface area contributed by atoms with Crippen LogP contribution >= 0.6 is 0 Å². The lowest BCUT2D eigenvalue weighted by Crippen LogP contribution is -2.30. The Morgan fingerprint density at radius 3 is 0.695 bits per heavy atom. The molecule has 6 heteroatoms. The Kier molecular flexibility index (Phi) is 68.6. The number of carbonyl (C=O) groups is 3. The van der Waals surface area contributed by atoms with E-state index in [4.69, 9.17) is 14.2 Å². The highest BCUT2D eigenvalue weighted by atomic mass is 16.6. The van der Waals surface area contributed by atoms with Crippen LogP contribution in [0.3, 0.4) is 0 Å². The van der Waals surface area contributed by atoms with Crippen LogP contribution < -0.4 is 0 Å². The molecule has 0 heterocycles. The monoisotopic (exact) mass is 1150 g/mol. The molecular weight excluding hydrogens is 1010 g/mol. The number of allylic oxidation sites excluding steroid dienone is 8. The highest BCUT2D eigenvalue weighted by Gasteiger charge is 2.19. The fourth-order valence-electron chi connectivity index (χ4n) is 11.0. The fourth-order valence-corrected chi connectivity index (χ4v) is 11.0. The van der Waals surface area contributed by atoms with E-state index in [2.05, 4.69) is 69.4 Å². The highest BCUT2D eigenvalue weighted by Crippen LogP contribution is 2.18. The molecule has 0 aliphatic heterocycles. The van der Waals surface area contributed by atoms with Crippen LogP contribution in [-0.4, -0.2) is 37.2 Å². The normalized spacial score (nSPS) is 12.3. The molecule has 1 atom stereocenters. The minimum atomic E-state index is -0.781. The van der Waals surface area contributed by atoms with Gasteiger partial charge in [-0.25, -0.2) is 0 Å². The molecule has 0 radical (unpaired) electrons. The third-order valence-electron chi connectivity index (χ3n) is 16.6. The fraction of sp³-hybridized carbons (Fsp3) is 0.855. The SMILES string of the molecule is CCCCCCC/C=C\C/C=C\C/C=C\CCCCCCCCC(=O)OC(COC(=O)CCCCCCCCCCC/C=C\CCCCCCCC)COC(=O)CCCCCCCCCCCCCCCCCCCCCCCCCC. The molecule has 0 aromatic carbocycles. The Balaban J connectivity index is 4.33. The van der Waals surface area contributed by atoms with Crippen molar-refractivity contribution in [2.24, 2.45) is 0 Å². The van der Waals surface area contributed by atoms with Crippen molar-refractivity contribution in [3.05, 3.63) is 48.6 Å². The Labute approximate surface area is 511 Å². The van der Waals surface area contributed by atoms with Gasteiger partial charge in [0.15, 0.2) is 6.10 Å². The van der Waals surface area contributed by atoms with Gasteiger partial charge in [0.05, 0.1) is 0 Å². The van der Waals surface area contributed by atoms with E-state index in [-0.39, 0.29) is 31.1 Å². The van der Waals surface area contributed by atoms with Gasteiger partial charge in [0.1, 0.15) is 13.2 Å². The number of unbranched alkanes of at least 4 members (excludes halogenated alkanes) is 49. The molecule has 0 aromatic rings. The number of hydrogen-bond donors (Lipinski definition) is 0. The first-order chi connectivity index (χ1) is 40.5. The largest absolute Gasteiger partial charge is 0.462 e. The Morgan fingerprint density at radius 2 is 0.439 bits per heavy atom. The summed E-state index contributed by atoms with van der Waals surface area (Å²) in [6.45, 7) is 6.69. The summed E-state index contributed by atoms with van der Waals surface area (Å²) in [7, 11) is 0. The van der Waals surface area contributed by atoms with Gasteiger partial charge in [-0.3, -0.25) is 14.4 Å². The molecule has 0 rings (SSSR count). The molecule has 480 valence electrons. The van der Waals surface area contributed by atoms with Gasteiger partial charge in [0, 0.05) is 19.3 Å². The Morgan fingerprint density at radius 1 is 0.244 bits per heavy atom. The van der Waals surface area contributed by atoms with E-state index in [1.54, 1.807) is 0 Å². The van der Waals surface area contributed by atoms with Gasteiger partial charge >= 0.3 is 17.9 Å². The summed E-state index contributed by atoms with van der Waals surface area (Å²) in [4.78, 5) is 38.5. The van der Waals surface area contributed by atoms with Crippen molar-refractivity contribution in [1.29, 1.82) is 0 Å². The molecule has 0 bridgehead atoms. The molecule has 0 aromatic heterocycles. The van der Waals surface area contributed by atoms with Crippen LogP contribution in [0.25, 0.3) is 0 Å². The van der Waals surface area contributed by atoms with Crippen LogP contribution in [0.2, 0.25) is 0 Å². The summed E-state index contributed by atoms with van der Waals surface area (Å²) in [6, 6.07) is 0. The molecular formula is C76H140O6. The first-order valence-corrected chi connectivity index (χ1v) is 36.6. The molecule has 0 N–H and O–H groups in total. The number of hydrogen-bond acceptors (Lipinski definition) is 6. The second-order valence-corrected chi connectivity index (χ2v) is 24.9. The smallest absolute Gasteiger partial charge is 0.306 e. The zero-order valence-corrected chi connectivity index (χ0v) is 55.3. The van der Waals surface area contributed by atoms with Crippen LogP contribution in [0.1, 0.15) is 400 Å². The topological polar surface area (TPSA) is 78.9 Å². The molecule has 0 amide bonds. The van der Waals surface area contributed by atoms with Gasteiger partial charge < -0.3 is 14.2 Å². The van der Waals surface area contributed by atoms with Crippen molar-refractivity contribution in [3.8, 4) is 0 Å². The lowest BCUT2D eigenvalue weighted by molar-refractivity contribution is -0.167. The molecule has 0 aliphatic rings. The molecule has 1 unspecified atom stereocenters. The number of rotatable bonds is 68. The maximum atomic E-state index is 13.0. The average Bonchev–Trinajstić information content (AvgIpc) is 3.47. The van der Waals surface area contributed by atoms with Crippen LogP contribution in [0, 0.1) is 0 Å². The van der Waals surface area contributed by atoms with Crippen molar-refractivity contribution in [3.63, 3.8) is 0 Å². The highest BCUT2D eigenvalue weighted by molar-refractivity contribution is 5.71. The van der Waals surface area contributed by atoms with E-state index in [0.717, 1.165) is 77.0 Å². The van der Waals surface area contributed by atoms with Crippen LogP contribution in [-0.2, 0) is 28.6 Å². The van der Waals surface area contributed by atoms with E-state index in [9.17, 15) is 14.4 Å². The quantitative estimate of drug-likeness (QED) is 0.0261. The van der Waals surface area contributed by atoms with Gasteiger partial charge in [0.2, 0.25) is 0 Å². The third kappa shape index (κ3) is 68.2. The molecule has 0 saturated heterocycles.